The number of nitrogens with zero attached hydrogens (tertiary/aromatic N) is 2. The maximum atomic E-state index is 11.8. The maximum Gasteiger partial charge on any atom is 0.214 e. The van der Waals surface area contributed by atoms with Gasteiger partial charge < -0.3 is 4.52 Å². The molecule has 0 bridgehead atoms. The van der Waals surface area contributed by atoms with Gasteiger partial charge in [-0.15, -0.1) is 0 Å². The second kappa shape index (κ2) is 3.94. The molecule has 0 aliphatic carbocycles. The van der Waals surface area contributed by atoms with Gasteiger partial charge in [-0.25, -0.2) is 8.42 Å². The second-order valence-corrected chi connectivity index (χ2v) is 5.76. The van der Waals surface area contributed by atoms with E-state index >= 15 is 0 Å². The van der Waals surface area contributed by atoms with E-state index in [9.17, 15) is 8.42 Å². The van der Waals surface area contributed by atoms with Crippen LogP contribution in [0.3, 0.4) is 0 Å². The van der Waals surface area contributed by atoms with Gasteiger partial charge in [-0.2, -0.15) is 4.31 Å². The number of hydrogen-bond donors (Lipinski definition) is 0. The summed E-state index contributed by atoms with van der Waals surface area (Å²) in [5.74, 6) is 1.03. The molecule has 6 heteroatoms. The van der Waals surface area contributed by atoms with Crippen LogP contribution in [0.25, 0.3) is 0 Å². The van der Waals surface area contributed by atoms with Gasteiger partial charge in [0.25, 0.3) is 0 Å². The normalized spacial score (nSPS) is 17.7. The van der Waals surface area contributed by atoms with Crippen molar-refractivity contribution < 1.29 is 12.9 Å². The summed E-state index contributed by atoms with van der Waals surface area (Å²) in [5, 5.41) is 3.67. The molecule has 0 unspecified atom stereocenters. The van der Waals surface area contributed by atoms with Gasteiger partial charge in [0.15, 0.2) is 0 Å². The van der Waals surface area contributed by atoms with Crippen molar-refractivity contribution in [3.8, 4) is 0 Å². The molecule has 5 nitrogen and oxygen atoms in total. The summed E-state index contributed by atoms with van der Waals surface area (Å²) in [5.41, 5.74) is 0.890. The fraction of sp³-hybridized carbons (Fsp3) is 0.667. The van der Waals surface area contributed by atoms with Gasteiger partial charge in [0.2, 0.25) is 10.0 Å². The quantitative estimate of drug-likeness (QED) is 0.769. The summed E-state index contributed by atoms with van der Waals surface area (Å²) < 4.78 is 30.1. The zero-order valence-electron chi connectivity index (χ0n) is 8.64. The molecule has 0 atom stereocenters. The van der Waals surface area contributed by atoms with Gasteiger partial charge >= 0.3 is 0 Å². The highest BCUT2D eigenvalue weighted by atomic mass is 32.2. The lowest BCUT2D eigenvalue weighted by molar-refractivity contribution is 0.331. The highest BCUT2D eigenvalue weighted by molar-refractivity contribution is 7.89. The highest BCUT2D eigenvalue weighted by Gasteiger charge is 2.27. The van der Waals surface area contributed by atoms with Crippen LogP contribution in [-0.2, 0) is 23.0 Å². The zero-order chi connectivity index (χ0) is 10.9. The summed E-state index contributed by atoms with van der Waals surface area (Å²) in [6.45, 7) is 2.78. The standard InChI is InChI=1S/C9H14N2O3S/c1-2-5-15(12,13)11-4-3-9-8(7-11)6-10-14-9/h6H,2-5,7H2,1H3. The summed E-state index contributed by atoms with van der Waals surface area (Å²) in [4.78, 5) is 0. The molecule has 15 heavy (non-hydrogen) atoms. The lowest BCUT2D eigenvalue weighted by Gasteiger charge is -2.24. The third-order valence-electron chi connectivity index (χ3n) is 2.52. The summed E-state index contributed by atoms with van der Waals surface area (Å²) >= 11 is 0. The van der Waals surface area contributed by atoms with E-state index in [4.69, 9.17) is 4.52 Å². The number of hydrogen-bond acceptors (Lipinski definition) is 4. The molecular weight excluding hydrogens is 216 g/mol. The number of rotatable bonds is 3. The number of fused-ring (bicyclic) bond motifs is 1. The molecule has 0 spiro atoms. The maximum absolute atomic E-state index is 11.8. The minimum atomic E-state index is -3.09. The highest BCUT2D eigenvalue weighted by Crippen LogP contribution is 2.20. The molecule has 84 valence electrons. The minimum Gasteiger partial charge on any atom is -0.361 e. The van der Waals surface area contributed by atoms with Crippen molar-refractivity contribution in [3.05, 3.63) is 17.5 Å². The van der Waals surface area contributed by atoms with Gasteiger partial charge in [0, 0.05) is 25.1 Å². The Morgan fingerprint density at radius 3 is 3.13 bits per heavy atom. The Morgan fingerprint density at radius 2 is 2.40 bits per heavy atom. The third-order valence-corrected chi connectivity index (χ3v) is 4.54. The minimum absolute atomic E-state index is 0.216. The van der Waals surface area contributed by atoms with Crippen molar-refractivity contribution >= 4 is 10.0 Å². The molecule has 2 heterocycles. The Hall–Kier alpha value is -0.880. The van der Waals surface area contributed by atoms with Crippen LogP contribution in [-0.4, -0.2) is 30.2 Å². The number of aromatic nitrogens is 1. The first-order valence-corrected chi connectivity index (χ1v) is 6.64. The van der Waals surface area contributed by atoms with Crippen molar-refractivity contribution in [2.24, 2.45) is 0 Å². The Labute approximate surface area is 89.1 Å². The molecule has 1 aliphatic rings. The lowest BCUT2D eigenvalue weighted by Crippen LogP contribution is -2.36. The third kappa shape index (κ3) is 2.05. The Morgan fingerprint density at radius 1 is 1.60 bits per heavy atom. The van der Waals surface area contributed by atoms with Crippen LogP contribution in [0.4, 0.5) is 0 Å². The van der Waals surface area contributed by atoms with Crippen molar-refractivity contribution in [3.63, 3.8) is 0 Å². The first-order valence-electron chi connectivity index (χ1n) is 5.03. The Bertz CT molecular complexity index is 438. The van der Waals surface area contributed by atoms with Crippen molar-refractivity contribution in [1.82, 2.24) is 9.46 Å². The average molecular weight is 230 g/mol. The van der Waals surface area contributed by atoms with Crippen molar-refractivity contribution in [1.29, 1.82) is 0 Å². The zero-order valence-corrected chi connectivity index (χ0v) is 9.46. The van der Waals surface area contributed by atoms with E-state index in [1.54, 1.807) is 6.20 Å². The van der Waals surface area contributed by atoms with Crippen LogP contribution >= 0.6 is 0 Å². The van der Waals surface area contributed by atoms with Gasteiger partial charge in [0.1, 0.15) is 5.76 Å². The summed E-state index contributed by atoms with van der Waals surface area (Å²) in [6.07, 6.45) is 2.87. The fourth-order valence-electron chi connectivity index (χ4n) is 1.74. The lowest BCUT2D eigenvalue weighted by atomic mass is 10.1. The molecule has 0 aromatic carbocycles. The molecular formula is C9H14N2O3S. The van der Waals surface area contributed by atoms with Crippen LogP contribution in [0, 0.1) is 0 Å². The van der Waals surface area contributed by atoms with Gasteiger partial charge in [-0.1, -0.05) is 12.1 Å². The summed E-state index contributed by atoms with van der Waals surface area (Å²) in [7, 11) is -3.09. The number of sulfonamides is 1. The van der Waals surface area contributed by atoms with E-state index in [1.165, 1.54) is 4.31 Å². The average Bonchev–Trinajstić information content (AvgIpc) is 2.63. The van der Waals surface area contributed by atoms with Gasteiger partial charge in [0.05, 0.1) is 11.9 Å². The molecule has 0 fully saturated rings. The van der Waals surface area contributed by atoms with Crippen LogP contribution in [0.5, 0.6) is 0 Å². The largest absolute Gasteiger partial charge is 0.361 e. The predicted octanol–water partition coefficient (Wildman–Crippen LogP) is 0.772. The molecule has 1 aromatic rings. The van der Waals surface area contributed by atoms with Crippen LogP contribution in [0.15, 0.2) is 10.7 Å². The second-order valence-electron chi connectivity index (χ2n) is 3.67. The van der Waals surface area contributed by atoms with Crippen molar-refractivity contribution in [2.45, 2.75) is 26.3 Å². The summed E-state index contributed by atoms with van der Waals surface area (Å²) in [6, 6.07) is 0. The van der Waals surface area contributed by atoms with Crippen molar-refractivity contribution in [2.75, 3.05) is 12.3 Å². The first kappa shape index (κ1) is 10.6. The smallest absolute Gasteiger partial charge is 0.214 e. The SMILES string of the molecule is CCCS(=O)(=O)N1CCc2oncc2C1. The monoisotopic (exact) mass is 230 g/mol. The first-order chi connectivity index (χ1) is 7.13. The van der Waals surface area contributed by atoms with Gasteiger partial charge in [-0.05, 0) is 6.42 Å². The molecule has 0 N–H and O–H groups in total. The van der Waals surface area contributed by atoms with E-state index in [1.807, 2.05) is 6.92 Å². The molecule has 0 saturated heterocycles. The molecule has 0 saturated carbocycles. The van der Waals surface area contributed by atoms with E-state index in [0.29, 0.717) is 25.9 Å². The topological polar surface area (TPSA) is 63.4 Å². The van der Waals surface area contributed by atoms with E-state index in [-0.39, 0.29) is 5.75 Å². The molecule has 2 rings (SSSR count). The van der Waals surface area contributed by atoms with Crippen LogP contribution in [0.1, 0.15) is 24.7 Å². The Balaban J connectivity index is 2.16. The van der Waals surface area contributed by atoms with E-state index in [0.717, 1.165) is 11.3 Å². The van der Waals surface area contributed by atoms with E-state index in [2.05, 4.69) is 5.16 Å². The van der Waals surface area contributed by atoms with Crippen LogP contribution in [0.2, 0.25) is 0 Å². The van der Waals surface area contributed by atoms with Crippen LogP contribution < -0.4 is 0 Å². The van der Waals surface area contributed by atoms with Gasteiger partial charge in [-0.3, -0.25) is 0 Å². The molecule has 0 radical (unpaired) electrons. The molecule has 1 aliphatic heterocycles. The molecule has 0 amide bonds. The molecule has 1 aromatic heterocycles. The fourth-order valence-corrected chi connectivity index (χ4v) is 3.22. The predicted molar refractivity (Wildman–Crippen MR) is 54.7 cm³/mol. The Kier molecular flexibility index (Phi) is 2.79. The van der Waals surface area contributed by atoms with E-state index < -0.39 is 10.0 Å².